The summed E-state index contributed by atoms with van der Waals surface area (Å²) >= 11 is 0. The van der Waals surface area contributed by atoms with Gasteiger partial charge in [-0.1, -0.05) is 12.1 Å². The van der Waals surface area contributed by atoms with Crippen molar-refractivity contribution in [3.63, 3.8) is 0 Å². The maximum absolute atomic E-state index is 12.0. The summed E-state index contributed by atoms with van der Waals surface area (Å²) in [7, 11) is 0. The van der Waals surface area contributed by atoms with Crippen LogP contribution in [0.3, 0.4) is 0 Å². The summed E-state index contributed by atoms with van der Waals surface area (Å²) in [6.07, 6.45) is 1.85. The second-order valence-electron chi connectivity index (χ2n) is 5.84. The van der Waals surface area contributed by atoms with E-state index in [0.717, 1.165) is 12.1 Å². The van der Waals surface area contributed by atoms with Crippen LogP contribution in [0.1, 0.15) is 22.5 Å². The van der Waals surface area contributed by atoms with Crippen molar-refractivity contribution in [2.45, 2.75) is 19.0 Å². The van der Waals surface area contributed by atoms with Crippen LogP contribution in [0, 0.1) is 0 Å². The number of ether oxygens (including phenoxy) is 1. The summed E-state index contributed by atoms with van der Waals surface area (Å²) < 4.78 is 10.4. The van der Waals surface area contributed by atoms with E-state index < -0.39 is 0 Å². The topological polar surface area (TPSA) is 92.6 Å². The molecule has 1 aliphatic rings. The smallest absolute Gasteiger partial charge is 0.291 e. The first kappa shape index (κ1) is 17.2. The Balaban J connectivity index is 1.44. The third-order valence-corrected chi connectivity index (χ3v) is 3.88. The van der Waals surface area contributed by atoms with E-state index in [-0.39, 0.29) is 23.6 Å². The molecule has 2 heterocycles. The van der Waals surface area contributed by atoms with Gasteiger partial charge in [-0.15, -0.1) is 0 Å². The van der Waals surface area contributed by atoms with Crippen molar-refractivity contribution in [1.82, 2.24) is 10.6 Å². The average molecular weight is 343 g/mol. The molecule has 0 radical (unpaired) electrons. The molecular formula is C18H21N3O4. The first-order valence-corrected chi connectivity index (χ1v) is 8.22. The van der Waals surface area contributed by atoms with Gasteiger partial charge in [0.15, 0.2) is 5.76 Å². The molecule has 0 bridgehead atoms. The molecule has 1 fully saturated rings. The molecule has 1 aromatic heterocycles. The van der Waals surface area contributed by atoms with Crippen LogP contribution in [0.2, 0.25) is 0 Å². The molecule has 7 nitrogen and oxygen atoms in total. The van der Waals surface area contributed by atoms with Gasteiger partial charge in [0.25, 0.3) is 5.91 Å². The Bertz CT molecular complexity index is 692. The van der Waals surface area contributed by atoms with Crippen molar-refractivity contribution in [3.8, 4) is 0 Å². The fraction of sp³-hybridized carbons (Fsp3) is 0.333. The van der Waals surface area contributed by atoms with E-state index in [1.165, 1.54) is 6.26 Å². The van der Waals surface area contributed by atoms with Crippen molar-refractivity contribution in [2.75, 3.05) is 25.1 Å². The Hall–Kier alpha value is -2.64. The van der Waals surface area contributed by atoms with Gasteiger partial charge >= 0.3 is 0 Å². The van der Waals surface area contributed by atoms with Gasteiger partial charge in [0.2, 0.25) is 5.91 Å². The summed E-state index contributed by atoms with van der Waals surface area (Å²) in [6.45, 7) is 2.49. The minimum absolute atomic E-state index is 0.0156. The lowest BCUT2D eigenvalue weighted by atomic mass is 10.1. The zero-order valence-electron chi connectivity index (χ0n) is 13.8. The molecule has 3 N–H and O–H groups in total. The second-order valence-corrected chi connectivity index (χ2v) is 5.84. The van der Waals surface area contributed by atoms with E-state index >= 15 is 0 Å². The molecule has 0 aliphatic carbocycles. The first-order valence-electron chi connectivity index (χ1n) is 8.22. The van der Waals surface area contributed by atoms with Gasteiger partial charge in [0.05, 0.1) is 19.5 Å². The SMILES string of the molecule is O=C(CC1COCCN1)NCc1ccc(NC(=O)c2ccco2)cc1. The molecule has 1 aliphatic heterocycles. The number of furan rings is 1. The predicted octanol–water partition coefficient (Wildman–Crippen LogP) is 1.53. The highest BCUT2D eigenvalue weighted by atomic mass is 16.5. The van der Waals surface area contributed by atoms with Crippen molar-refractivity contribution in [3.05, 3.63) is 54.0 Å². The minimum atomic E-state index is -0.298. The Labute approximate surface area is 145 Å². The molecule has 0 spiro atoms. The number of hydrogen-bond acceptors (Lipinski definition) is 5. The van der Waals surface area contributed by atoms with Crippen LogP contribution in [0.25, 0.3) is 0 Å². The lowest BCUT2D eigenvalue weighted by Gasteiger charge is -2.23. The van der Waals surface area contributed by atoms with Crippen LogP contribution in [0.15, 0.2) is 47.1 Å². The van der Waals surface area contributed by atoms with Gasteiger partial charge in [0, 0.05) is 31.2 Å². The number of anilines is 1. The zero-order valence-corrected chi connectivity index (χ0v) is 13.8. The van der Waals surface area contributed by atoms with E-state index in [9.17, 15) is 9.59 Å². The second kappa shape index (κ2) is 8.46. The van der Waals surface area contributed by atoms with Crippen molar-refractivity contribution in [2.24, 2.45) is 0 Å². The highest BCUT2D eigenvalue weighted by Crippen LogP contribution is 2.12. The minimum Gasteiger partial charge on any atom is -0.459 e. The molecule has 1 unspecified atom stereocenters. The summed E-state index contributed by atoms with van der Waals surface area (Å²) in [5.74, 6) is -0.0527. The van der Waals surface area contributed by atoms with Gasteiger partial charge < -0.3 is 25.1 Å². The third kappa shape index (κ3) is 5.17. The molecule has 2 amide bonds. The fourth-order valence-corrected chi connectivity index (χ4v) is 2.55. The molecule has 7 heteroatoms. The third-order valence-electron chi connectivity index (χ3n) is 3.88. The molecule has 2 aromatic rings. The molecule has 1 saturated heterocycles. The number of morpholine rings is 1. The fourth-order valence-electron chi connectivity index (χ4n) is 2.55. The number of rotatable bonds is 6. The highest BCUT2D eigenvalue weighted by Gasteiger charge is 2.16. The average Bonchev–Trinajstić information content (AvgIpc) is 3.17. The first-order chi connectivity index (χ1) is 12.2. The van der Waals surface area contributed by atoms with Crippen LogP contribution >= 0.6 is 0 Å². The van der Waals surface area contributed by atoms with E-state index in [4.69, 9.17) is 9.15 Å². The summed E-state index contributed by atoms with van der Waals surface area (Å²) in [5, 5.41) is 8.89. The summed E-state index contributed by atoms with van der Waals surface area (Å²) in [6, 6.07) is 10.6. The maximum atomic E-state index is 12.0. The molecule has 132 valence electrons. The van der Waals surface area contributed by atoms with Crippen LogP contribution in [-0.4, -0.2) is 37.6 Å². The zero-order chi connectivity index (χ0) is 17.5. The van der Waals surface area contributed by atoms with Crippen molar-refractivity contribution >= 4 is 17.5 Å². The van der Waals surface area contributed by atoms with E-state index in [1.807, 2.05) is 12.1 Å². The van der Waals surface area contributed by atoms with Crippen LogP contribution in [0.5, 0.6) is 0 Å². The normalized spacial score (nSPS) is 17.0. The number of amides is 2. The Morgan fingerprint density at radius 3 is 2.72 bits per heavy atom. The Morgan fingerprint density at radius 2 is 2.04 bits per heavy atom. The van der Waals surface area contributed by atoms with Crippen LogP contribution < -0.4 is 16.0 Å². The standard InChI is InChI=1S/C18H21N3O4/c22-17(10-15-12-24-9-7-19-15)20-11-13-3-5-14(6-4-13)21-18(23)16-2-1-8-25-16/h1-6,8,15,19H,7,9-12H2,(H,20,22)(H,21,23). The largest absolute Gasteiger partial charge is 0.459 e. The molecule has 3 rings (SSSR count). The Kier molecular flexibility index (Phi) is 5.81. The number of carbonyl (C=O) groups excluding carboxylic acids is 2. The van der Waals surface area contributed by atoms with Gasteiger partial charge in [-0.3, -0.25) is 9.59 Å². The summed E-state index contributed by atoms with van der Waals surface area (Å²) in [4.78, 5) is 23.8. The predicted molar refractivity (Wildman–Crippen MR) is 92.2 cm³/mol. The lowest BCUT2D eigenvalue weighted by Crippen LogP contribution is -2.44. The number of hydrogen-bond donors (Lipinski definition) is 3. The Morgan fingerprint density at radius 1 is 1.20 bits per heavy atom. The van der Waals surface area contributed by atoms with E-state index in [0.29, 0.717) is 31.9 Å². The van der Waals surface area contributed by atoms with Gasteiger partial charge in [-0.25, -0.2) is 0 Å². The number of carbonyl (C=O) groups is 2. The van der Waals surface area contributed by atoms with Gasteiger partial charge in [-0.05, 0) is 29.8 Å². The van der Waals surface area contributed by atoms with Crippen molar-refractivity contribution < 1.29 is 18.7 Å². The van der Waals surface area contributed by atoms with Crippen LogP contribution in [-0.2, 0) is 16.1 Å². The molecule has 25 heavy (non-hydrogen) atoms. The molecule has 1 atom stereocenters. The molecular weight excluding hydrogens is 322 g/mol. The van der Waals surface area contributed by atoms with E-state index in [2.05, 4.69) is 16.0 Å². The van der Waals surface area contributed by atoms with Crippen LogP contribution in [0.4, 0.5) is 5.69 Å². The lowest BCUT2D eigenvalue weighted by molar-refractivity contribution is -0.122. The monoisotopic (exact) mass is 343 g/mol. The summed E-state index contributed by atoms with van der Waals surface area (Å²) in [5.41, 5.74) is 1.62. The molecule has 1 aromatic carbocycles. The maximum Gasteiger partial charge on any atom is 0.291 e. The van der Waals surface area contributed by atoms with Gasteiger partial charge in [-0.2, -0.15) is 0 Å². The highest BCUT2D eigenvalue weighted by molar-refractivity contribution is 6.02. The van der Waals surface area contributed by atoms with Gasteiger partial charge in [0.1, 0.15) is 0 Å². The molecule has 0 saturated carbocycles. The number of nitrogens with one attached hydrogen (secondary N) is 3. The van der Waals surface area contributed by atoms with Crippen molar-refractivity contribution in [1.29, 1.82) is 0 Å². The quantitative estimate of drug-likeness (QED) is 0.740. The number of benzene rings is 1. The van der Waals surface area contributed by atoms with E-state index in [1.54, 1.807) is 24.3 Å².